The molecule has 1 aromatic heterocycles. The normalized spacial score (nSPS) is 17.7. The molecule has 0 amide bonds. The number of hydrogen-bond acceptors (Lipinski definition) is 5. The SMILES string of the molecule is CN1CCN(c2nn(-c3ccc(F)cc3F)c(=O)c3ccccc23)CC1C(C)(C)C(=O)O. The molecule has 0 aliphatic carbocycles. The minimum atomic E-state index is -1.03. The van der Waals surface area contributed by atoms with Gasteiger partial charge in [0, 0.05) is 37.1 Å². The maximum atomic E-state index is 14.5. The second-order valence-corrected chi connectivity index (χ2v) is 8.65. The van der Waals surface area contributed by atoms with Gasteiger partial charge in [0.25, 0.3) is 5.56 Å². The smallest absolute Gasteiger partial charge is 0.310 e. The standard InChI is InChI=1S/C23H24F2N4O3/c1-23(2,22(31)32)19-13-28(11-10-27(19)3)20-15-6-4-5-7-16(15)21(30)29(26-20)18-9-8-14(24)12-17(18)25/h4-9,12,19H,10-11,13H2,1-3H3,(H,31,32). The van der Waals surface area contributed by atoms with Crippen LogP contribution in [0.15, 0.2) is 47.3 Å². The van der Waals surface area contributed by atoms with E-state index in [1.165, 1.54) is 6.07 Å². The molecule has 1 saturated heterocycles. The van der Waals surface area contributed by atoms with Crippen molar-refractivity contribution in [3.8, 4) is 5.69 Å². The third-order valence-corrected chi connectivity index (χ3v) is 6.26. The van der Waals surface area contributed by atoms with Gasteiger partial charge in [-0.25, -0.2) is 8.78 Å². The molecule has 0 radical (unpaired) electrons. The first-order chi connectivity index (χ1) is 15.1. The number of carboxylic acids is 1. The van der Waals surface area contributed by atoms with Gasteiger partial charge in [0.2, 0.25) is 0 Å². The number of benzene rings is 2. The van der Waals surface area contributed by atoms with Crippen LogP contribution in [-0.4, -0.2) is 58.5 Å². The lowest BCUT2D eigenvalue weighted by molar-refractivity contribution is -0.150. The highest BCUT2D eigenvalue weighted by molar-refractivity contribution is 5.91. The number of nitrogens with zero attached hydrogens (tertiary/aromatic N) is 4. The second-order valence-electron chi connectivity index (χ2n) is 8.65. The highest BCUT2D eigenvalue weighted by Gasteiger charge is 2.42. The molecular formula is C23H24F2N4O3. The average Bonchev–Trinajstić information content (AvgIpc) is 2.75. The molecule has 0 bridgehead atoms. The van der Waals surface area contributed by atoms with Crippen molar-refractivity contribution in [1.29, 1.82) is 0 Å². The molecule has 1 unspecified atom stereocenters. The predicted octanol–water partition coefficient (Wildman–Crippen LogP) is 2.90. The molecule has 4 rings (SSSR count). The van der Waals surface area contributed by atoms with Gasteiger partial charge in [-0.1, -0.05) is 18.2 Å². The molecule has 9 heteroatoms. The number of carboxylic acid groups (broad SMARTS) is 1. The number of aromatic nitrogens is 2. The Morgan fingerprint density at radius 1 is 1.12 bits per heavy atom. The van der Waals surface area contributed by atoms with Crippen LogP contribution in [0.5, 0.6) is 0 Å². The maximum Gasteiger partial charge on any atom is 0.310 e. The molecule has 0 spiro atoms. The first-order valence-electron chi connectivity index (χ1n) is 10.3. The summed E-state index contributed by atoms with van der Waals surface area (Å²) < 4.78 is 28.9. The summed E-state index contributed by atoms with van der Waals surface area (Å²) in [5.41, 5.74) is -1.70. The lowest BCUT2D eigenvalue weighted by Crippen LogP contribution is -2.59. The Kier molecular flexibility index (Phi) is 5.46. The lowest BCUT2D eigenvalue weighted by Gasteiger charge is -2.45. The van der Waals surface area contributed by atoms with Crippen LogP contribution in [0.4, 0.5) is 14.6 Å². The molecule has 7 nitrogen and oxygen atoms in total. The Hall–Kier alpha value is -3.33. The van der Waals surface area contributed by atoms with E-state index in [0.717, 1.165) is 10.7 Å². The van der Waals surface area contributed by atoms with Gasteiger partial charge >= 0.3 is 5.97 Å². The molecule has 1 atom stereocenters. The highest BCUT2D eigenvalue weighted by Crippen LogP contribution is 2.31. The summed E-state index contributed by atoms with van der Waals surface area (Å²) in [4.78, 5) is 28.9. The van der Waals surface area contributed by atoms with Crippen molar-refractivity contribution in [1.82, 2.24) is 14.7 Å². The van der Waals surface area contributed by atoms with Gasteiger partial charge in [0.15, 0.2) is 11.6 Å². The van der Waals surface area contributed by atoms with Gasteiger partial charge in [0.1, 0.15) is 11.5 Å². The van der Waals surface area contributed by atoms with Crippen molar-refractivity contribution in [3.63, 3.8) is 0 Å². The minimum Gasteiger partial charge on any atom is -0.481 e. The fourth-order valence-electron chi connectivity index (χ4n) is 4.21. The highest BCUT2D eigenvalue weighted by atomic mass is 19.1. The van der Waals surface area contributed by atoms with Crippen LogP contribution in [0.25, 0.3) is 16.5 Å². The Labute approximate surface area is 183 Å². The molecule has 2 aromatic carbocycles. The molecule has 168 valence electrons. The van der Waals surface area contributed by atoms with Crippen LogP contribution >= 0.6 is 0 Å². The summed E-state index contributed by atoms with van der Waals surface area (Å²) >= 11 is 0. The summed E-state index contributed by atoms with van der Waals surface area (Å²) in [6, 6.07) is 9.52. The van der Waals surface area contributed by atoms with Crippen molar-refractivity contribution < 1.29 is 18.7 Å². The van der Waals surface area contributed by atoms with Crippen LogP contribution in [0.3, 0.4) is 0 Å². The van der Waals surface area contributed by atoms with E-state index in [-0.39, 0.29) is 11.7 Å². The fourth-order valence-corrected chi connectivity index (χ4v) is 4.21. The van der Waals surface area contributed by atoms with Crippen LogP contribution in [0.2, 0.25) is 0 Å². The molecule has 2 heterocycles. The van der Waals surface area contributed by atoms with Gasteiger partial charge in [-0.15, -0.1) is 5.10 Å². The van der Waals surface area contributed by atoms with Gasteiger partial charge < -0.3 is 10.0 Å². The van der Waals surface area contributed by atoms with Crippen molar-refractivity contribution in [2.75, 3.05) is 31.6 Å². The number of anilines is 1. The van der Waals surface area contributed by atoms with Gasteiger partial charge in [-0.2, -0.15) is 4.68 Å². The van der Waals surface area contributed by atoms with E-state index in [4.69, 9.17) is 0 Å². The molecule has 1 aliphatic rings. The van der Waals surface area contributed by atoms with Crippen LogP contribution in [0, 0.1) is 17.0 Å². The Balaban J connectivity index is 1.88. The molecule has 1 N–H and O–H groups in total. The third-order valence-electron chi connectivity index (χ3n) is 6.26. The average molecular weight is 442 g/mol. The molecular weight excluding hydrogens is 418 g/mol. The summed E-state index contributed by atoms with van der Waals surface area (Å²) in [7, 11) is 1.88. The topological polar surface area (TPSA) is 78.7 Å². The number of rotatable bonds is 4. The summed E-state index contributed by atoms with van der Waals surface area (Å²) in [6.07, 6.45) is 0. The Morgan fingerprint density at radius 3 is 2.47 bits per heavy atom. The van der Waals surface area contributed by atoms with Gasteiger partial charge in [-0.3, -0.25) is 14.5 Å². The fraction of sp³-hybridized carbons (Fsp3) is 0.348. The van der Waals surface area contributed by atoms with Gasteiger partial charge in [0.05, 0.1) is 10.8 Å². The third kappa shape index (κ3) is 3.62. The number of halogens is 2. The Bertz CT molecular complexity index is 1260. The van der Waals surface area contributed by atoms with E-state index in [0.29, 0.717) is 42.3 Å². The molecule has 0 saturated carbocycles. The minimum absolute atomic E-state index is 0.153. The number of carbonyl (C=O) groups is 1. The second kappa shape index (κ2) is 7.98. The van der Waals surface area contributed by atoms with Gasteiger partial charge in [-0.05, 0) is 39.1 Å². The number of likely N-dealkylation sites (N-methyl/N-ethyl adjacent to an activating group) is 1. The molecule has 32 heavy (non-hydrogen) atoms. The number of piperazine rings is 1. The summed E-state index contributed by atoms with van der Waals surface area (Å²) in [5.74, 6) is -2.11. The summed E-state index contributed by atoms with van der Waals surface area (Å²) in [6.45, 7) is 4.85. The monoisotopic (exact) mass is 442 g/mol. The molecule has 1 aliphatic heterocycles. The van der Waals surface area contributed by atoms with E-state index in [1.54, 1.807) is 38.1 Å². The van der Waals surface area contributed by atoms with Crippen molar-refractivity contribution in [2.45, 2.75) is 19.9 Å². The lowest BCUT2D eigenvalue weighted by atomic mass is 9.82. The molecule has 1 fully saturated rings. The van der Waals surface area contributed by atoms with E-state index < -0.39 is 28.6 Å². The number of aliphatic carboxylic acids is 1. The van der Waals surface area contributed by atoms with Crippen LogP contribution in [-0.2, 0) is 4.79 Å². The predicted molar refractivity (Wildman–Crippen MR) is 117 cm³/mol. The quantitative estimate of drug-likeness (QED) is 0.670. The zero-order chi connectivity index (χ0) is 23.2. The maximum absolute atomic E-state index is 14.5. The molecule has 3 aromatic rings. The number of hydrogen-bond donors (Lipinski definition) is 1. The first kappa shape index (κ1) is 21.9. The summed E-state index contributed by atoms with van der Waals surface area (Å²) in [5, 5.41) is 15.1. The largest absolute Gasteiger partial charge is 0.481 e. The zero-order valence-electron chi connectivity index (χ0n) is 18.0. The number of fused-ring (bicyclic) bond motifs is 1. The van der Waals surface area contributed by atoms with E-state index >= 15 is 0 Å². The van der Waals surface area contributed by atoms with E-state index in [9.17, 15) is 23.5 Å². The van der Waals surface area contributed by atoms with Crippen molar-refractivity contribution in [2.24, 2.45) is 5.41 Å². The van der Waals surface area contributed by atoms with Crippen LogP contribution in [0.1, 0.15) is 13.8 Å². The van der Waals surface area contributed by atoms with Crippen LogP contribution < -0.4 is 10.5 Å². The van der Waals surface area contributed by atoms with Crippen molar-refractivity contribution in [3.05, 3.63) is 64.5 Å². The van der Waals surface area contributed by atoms with E-state index in [2.05, 4.69) is 5.10 Å². The van der Waals surface area contributed by atoms with Crippen molar-refractivity contribution >= 4 is 22.6 Å². The Morgan fingerprint density at radius 2 is 1.81 bits per heavy atom. The zero-order valence-corrected chi connectivity index (χ0v) is 18.0. The van der Waals surface area contributed by atoms with E-state index in [1.807, 2.05) is 16.8 Å². The first-order valence-corrected chi connectivity index (χ1v) is 10.3.